The maximum absolute atomic E-state index is 5.71. The Morgan fingerprint density at radius 1 is 0.818 bits per heavy atom. The second-order valence-corrected chi connectivity index (χ2v) is 5.30. The van der Waals surface area contributed by atoms with Crippen LogP contribution in [-0.4, -0.2) is 14.9 Å². The Morgan fingerprint density at radius 3 is 1.91 bits per heavy atom. The van der Waals surface area contributed by atoms with Gasteiger partial charge in [0.1, 0.15) is 11.5 Å². The molecule has 3 rings (SSSR count). The molecule has 0 saturated heterocycles. The number of aromatic nitrogens is 2. The number of nitrogens with zero attached hydrogens (tertiary/aromatic N) is 3. The van der Waals surface area contributed by atoms with Gasteiger partial charge in [-0.25, -0.2) is 0 Å². The van der Waals surface area contributed by atoms with Gasteiger partial charge in [-0.05, 0) is 43.3 Å². The molecule has 3 heterocycles. The summed E-state index contributed by atoms with van der Waals surface area (Å²) >= 11 is 0. The number of hydrogen-bond acceptors (Lipinski definition) is 4. The highest BCUT2D eigenvalue weighted by molar-refractivity contribution is 5.09. The minimum Gasteiger partial charge on any atom is -0.465 e. The van der Waals surface area contributed by atoms with Crippen LogP contribution in [0, 0.1) is 6.92 Å². The molecule has 0 amide bonds. The van der Waals surface area contributed by atoms with Gasteiger partial charge in [-0.2, -0.15) is 0 Å². The van der Waals surface area contributed by atoms with Crippen LogP contribution in [0.25, 0.3) is 0 Å². The number of furan rings is 1. The van der Waals surface area contributed by atoms with E-state index in [9.17, 15) is 0 Å². The van der Waals surface area contributed by atoms with Crippen molar-refractivity contribution in [3.8, 4) is 0 Å². The van der Waals surface area contributed by atoms with Crippen LogP contribution < -0.4 is 0 Å². The van der Waals surface area contributed by atoms with Crippen molar-refractivity contribution in [1.82, 2.24) is 14.9 Å². The molecule has 0 unspecified atom stereocenters. The summed E-state index contributed by atoms with van der Waals surface area (Å²) in [6.07, 6.45) is 3.65. The molecule has 0 aliphatic carbocycles. The van der Waals surface area contributed by atoms with Gasteiger partial charge in [-0.15, -0.1) is 0 Å². The van der Waals surface area contributed by atoms with E-state index < -0.39 is 0 Å². The summed E-state index contributed by atoms with van der Waals surface area (Å²) in [6, 6.07) is 16.0. The Morgan fingerprint density at radius 2 is 1.45 bits per heavy atom. The first-order valence-corrected chi connectivity index (χ1v) is 7.37. The van der Waals surface area contributed by atoms with E-state index >= 15 is 0 Å². The number of pyridine rings is 2. The third kappa shape index (κ3) is 4.02. The standard InChI is InChI=1S/C18H19N3O/c1-15-8-9-18(22-15)14-21(12-16-6-2-4-10-19-16)13-17-7-3-5-11-20-17/h2-11H,12-14H2,1H3. The quantitative estimate of drug-likeness (QED) is 0.696. The van der Waals surface area contributed by atoms with Crippen LogP contribution in [0.3, 0.4) is 0 Å². The molecule has 0 aliphatic rings. The van der Waals surface area contributed by atoms with Crippen LogP contribution in [0.15, 0.2) is 65.3 Å². The zero-order valence-electron chi connectivity index (χ0n) is 12.6. The first kappa shape index (κ1) is 14.5. The van der Waals surface area contributed by atoms with Gasteiger partial charge in [0, 0.05) is 25.5 Å². The van der Waals surface area contributed by atoms with Gasteiger partial charge in [0.25, 0.3) is 0 Å². The molecule has 3 aromatic heterocycles. The molecule has 4 nitrogen and oxygen atoms in total. The highest BCUT2D eigenvalue weighted by Gasteiger charge is 2.11. The zero-order valence-corrected chi connectivity index (χ0v) is 12.6. The summed E-state index contributed by atoms with van der Waals surface area (Å²) in [7, 11) is 0. The topological polar surface area (TPSA) is 42.2 Å². The number of hydrogen-bond donors (Lipinski definition) is 0. The zero-order chi connectivity index (χ0) is 15.2. The van der Waals surface area contributed by atoms with E-state index in [2.05, 4.69) is 14.9 Å². The maximum atomic E-state index is 5.71. The normalized spacial score (nSPS) is 11.0. The molecule has 112 valence electrons. The molecule has 0 aromatic carbocycles. The molecule has 0 aliphatic heterocycles. The summed E-state index contributed by atoms with van der Waals surface area (Å²) in [5.41, 5.74) is 2.09. The second kappa shape index (κ2) is 7.00. The molecule has 3 aromatic rings. The van der Waals surface area contributed by atoms with E-state index in [1.165, 1.54) is 0 Å². The van der Waals surface area contributed by atoms with Crippen LogP contribution in [0.5, 0.6) is 0 Å². The lowest BCUT2D eigenvalue weighted by Gasteiger charge is -2.20. The summed E-state index contributed by atoms with van der Waals surface area (Å²) in [5.74, 6) is 1.90. The molecule has 22 heavy (non-hydrogen) atoms. The van der Waals surface area contributed by atoms with Crippen molar-refractivity contribution >= 4 is 0 Å². The lowest BCUT2D eigenvalue weighted by atomic mass is 10.2. The Labute approximate surface area is 130 Å². The van der Waals surface area contributed by atoms with Gasteiger partial charge in [0.15, 0.2) is 0 Å². The summed E-state index contributed by atoms with van der Waals surface area (Å²) in [5, 5.41) is 0. The second-order valence-electron chi connectivity index (χ2n) is 5.30. The molecule has 0 fully saturated rings. The molecular formula is C18H19N3O. The summed E-state index contributed by atoms with van der Waals surface area (Å²) in [6.45, 7) is 4.22. The largest absolute Gasteiger partial charge is 0.465 e. The van der Waals surface area contributed by atoms with E-state index in [-0.39, 0.29) is 0 Å². The van der Waals surface area contributed by atoms with E-state index in [1.807, 2.05) is 67.8 Å². The Kier molecular flexibility index (Phi) is 4.61. The van der Waals surface area contributed by atoms with Crippen molar-refractivity contribution < 1.29 is 4.42 Å². The third-order valence-corrected chi connectivity index (χ3v) is 3.40. The minimum atomic E-state index is 0.737. The fraction of sp³-hybridized carbons (Fsp3) is 0.222. The monoisotopic (exact) mass is 293 g/mol. The van der Waals surface area contributed by atoms with E-state index in [1.54, 1.807) is 0 Å². The van der Waals surface area contributed by atoms with Crippen LogP contribution in [-0.2, 0) is 19.6 Å². The Bertz CT molecular complexity index is 653. The highest BCUT2D eigenvalue weighted by atomic mass is 16.3. The lowest BCUT2D eigenvalue weighted by Crippen LogP contribution is -2.23. The maximum Gasteiger partial charge on any atom is 0.118 e. The lowest BCUT2D eigenvalue weighted by molar-refractivity contribution is 0.220. The Balaban J connectivity index is 1.75. The summed E-state index contributed by atoms with van der Waals surface area (Å²) in [4.78, 5) is 11.1. The SMILES string of the molecule is Cc1ccc(CN(Cc2ccccn2)Cc2ccccn2)o1. The fourth-order valence-corrected chi connectivity index (χ4v) is 2.40. The predicted molar refractivity (Wildman–Crippen MR) is 84.9 cm³/mol. The first-order valence-electron chi connectivity index (χ1n) is 7.37. The molecule has 0 N–H and O–H groups in total. The first-order chi connectivity index (χ1) is 10.8. The molecule has 0 saturated carbocycles. The molecular weight excluding hydrogens is 274 g/mol. The molecule has 0 radical (unpaired) electrons. The van der Waals surface area contributed by atoms with Crippen LogP contribution in [0.2, 0.25) is 0 Å². The molecule has 0 atom stereocenters. The van der Waals surface area contributed by atoms with Crippen molar-refractivity contribution in [3.05, 3.63) is 83.8 Å². The number of rotatable bonds is 6. The van der Waals surface area contributed by atoms with Crippen molar-refractivity contribution in [2.24, 2.45) is 0 Å². The minimum absolute atomic E-state index is 0.737. The predicted octanol–water partition coefficient (Wildman–Crippen LogP) is 3.58. The van der Waals surface area contributed by atoms with Crippen LogP contribution in [0.4, 0.5) is 0 Å². The van der Waals surface area contributed by atoms with Gasteiger partial charge in [-0.3, -0.25) is 14.9 Å². The van der Waals surface area contributed by atoms with Crippen LogP contribution >= 0.6 is 0 Å². The smallest absolute Gasteiger partial charge is 0.118 e. The van der Waals surface area contributed by atoms with Gasteiger partial charge < -0.3 is 4.42 Å². The van der Waals surface area contributed by atoms with Gasteiger partial charge in [0.05, 0.1) is 17.9 Å². The van der Waals surface area contributed by atoms with E-state index in [0.29, 0.717) is 0 Å². The van der Waals surface area contributed by atoms with E-state index in [4.69, 9.17) is 4.42 Å². The van der Waals surface area contributed by atoms with Crippen LogP contribution in [0.1, 0.15) is 22.9 Å². The van der Waals surface area contributed by atoms with E-state index in [0.717, 1.165) is 42.5 Å². The average Bonchev–Trinajstić information content (AvgIpc) is 2.94. The number of aryl methyl sites for hydroxylation is 1. The van der Waals surface area contributed by atoms with Crippen molar-refractivity contribution in [3.63, 3.8) is 0 Å². The average molecular weight is 293 g/mol. The van der Waals surface area contributed by atoms with Crippen molar-refractivity contribution in [2.45, 2.75) is 26.6 Å². The molecule has 4 heteroatoms. The molecule has 0 spiro atoms. The fourth-order valence-electron chi connectivity index (χ4n) is 2.40. The summed E-state index contributed by atoms with van der Waals surface area (Å²) < 4.78 is 5.71. The van der Waals surface area contributed by atoms with Crippen molar-refractivity contribution in [2.75, 3.05) is 0 Å². The highest BCUT2D eigenvalue weighted by Crippen LogP contribution is 2.14. The van der Waals surface area contributed by atoms with Gasteiger partial charge in [0.2, 0.25) is 0 Å². The Hall–Kier alpha value is -2.46. The molecule has 0 bridgehead atoms. The van der Waals surface area contributed by atoms with Gasteiger partial charge in [-0.1, -0.05) is 12.1 Å². The van der Waals surface area contributed by atoms with Crippen molar-refractivity contribution in [1.29, 1.82) is 0 Å². The van der Waals surface area contributed by atoms with Gasteiger partial charge >= 0.3 is 0 Å². The third-order valence-electron chi connectivity index (χ3n) is 3.40.